The van der Waals surface area contributed by atoms with Gasteiger partial charge in [0.25, 0.3) is 0 Å². The van der Waals surface area contributed by atoms with Crippen molar-refractivity contribution in [2.45, 2.75) is 19.3 Å². The monoisotopic (exact) mass is 147 g/mol. The zero-order valence-electron chi connectivity index (χ0n) is 6.59. The predicted octanol–water partition coefficient (Wildman–Crippen LogP) is 2.13. The van der Waals surface area contributed by atoms with Gasteiger partial charge in [-0.1, -0.05) is 18.2 Å². The Morgan fingerprint density at radius 3 is 3.00 bits per heavy atom. The lowest BCUT2D eigenvalue weighted by Crippen LogP contribution is -2.14. The highest BCUT2D eigenvalue weighted by molar-refractivity contribution is 5.37. The molecule has 1 heteroatoms. The van der Waals surface area contributed by atoms with E-state index in [2.05, 4.69) is 18.2 Å². The highest BCUT2D eigenvalue weighted by atomic mass is 14.6. The van der Waals surface area contributed by atoms with Gasteiger partial charge in [0, 0.05) is 5.70 Å². The second-order valence-electron chi connectivity index (χ2n) is 3.23. The highest BCUT2D eigenvalue weighted by Crippen LogP contribution is 2.31. The molecule has 0 radical (unpaired) electrons. The average molecular weight is 147 g/mol. The Balaban J connectivity index is 2.37. The van der Waals surface area contributed by atoms with Gasteiger partial charge >= 0.3 is 0 Å². The van der Waals surface area contributed by atoms with Gasteiger partial charge in [-0.2, -0.15) is 0 Å². The van der Waals surface area contributed by atoms with Crippen molar-refractivity contribution in [3.8, 4) is 0 Å². The number of allylic oxidation sites excluding steroid dienone is 5. The minimum Gasteiger partial charge on any atom is -0.399 e. The van der Waals surface area contributed by atoms with Crippen LogP contribution in [-0.2, 0) is 0 Å². The summed E-state index contributed by atoms with van der Waals surface area (Å²) in [7, 11) is 0. The zero-order chi connectivity index (χ0) is 7.68. The molecule has 0 bridgehead atoms. The van der Waals surface area contributed by atoms with Crippen molar-refractivity contribution >= 4 is 0 Å². The quantitative estimate of drug-likeness (QED) is 0.558. The molecule has 0 aromatic heterocycles. The first-order valence-corrected chi connectivity index (χ1v) is 4.20. The summed E-state index contributed by atoms with van der Waals surface area (Å²) in [6, 6.07) is 0. The molecule has 58 valence electrons. The molecule has 0 aliphatic heterocycles. The van der Waals surface area contributed by atoms with Crippen LogP contribution in [0.1, 0.15) is 19.3 Å². The van der Waals surface area contributed by atoms with Crippen LogP contribution in [0, 0.1) is 5.92 Å². The summed E-state index contributed by atoms with van der Waals surface area (Å²) in [5.74, 6) is 0.713. The molecule has 0 amide bonds. The largest absolute Gasteiger partial charge is 0.399 e. The van der Waals surface area contributed by atoms with Gasteiger partial charge in [-0.05, 0) is 36.8 Å². The van der Waals surface area contributed by atoms with Gasteiger partial charge in [0.05, 0.1) is 0 Å². The lowest BCUT2D eigenvalue weighted by Gasteiger charge is -2.23. The third-order valence-electron chi connectivity index (χ3n) is 2.47. The minimum absolute atomic E-state index is 0.713. The smallest absolute Gasteiger partial charge is 0.0346 e. The van der Waals surface area contributed by atoms with Crippen molar-refractivity contribution in [2.24, 2.45) is 11.7 Å². The summed E-state index contributed by atoms with van der Waals surface area (Å²) >= 11 is 0. The molecule has 0 fully saturated rings. The normalized spacial score (nSPS) is 28.9. The molecule has 1 nitrogen and oxygen atoms in total. The molecule has 1 atom stereocenters. The second kappa shape index (κ2) is 2.57. The van der Waals surface area contributed by atoms with Crippen LogP contribution in [-0.4, -0.2) is 0 Å². The van der Waals surface area contributed by atoms with Gasteiger partial charge in [0.15, 0.2) is 0 Å². The Morgan fingerprint density at radius 2 is 2.18 bits per heavy atom. The topological polar surface area (TPSA) is 26.0 Å². The molecule has 0 saturated carbocycles. The van der Waals surface area contributed by atoms with Crippen LogP contribution in [0.5, 0.6) is 0 Å². The molecule has 0 aromatic rings. The predicted molar refractivity (Wildman–Crippen MR) is 46.8 cm³/mol. The lowest BCUT2D eigenvalue weighted by molar-refractivity contribution is 0.560. The van der Waals surface area contributed by atoms with Crippen LogP contribution in [0.3, 0.4) is 0 Å². The molecule has 0 spiro atoms. The van der Waals surface area contributed by atoms with E-state index < -0.39 is 0 Å². The second-order valence-corrected chi connectivity index (χ2v) is 3.23. The van der Waals surface area contributed by atoms with Gasteiger partial charge in [0.1, 0.15) is 0 Å². The zero-order valence-corrected chi connectivity index (χ0v) is 6.59. The van der Waals surface area contributed by atoms with E-state index in [-0.39, 0.29) is 0 Å². The summed E-state index contributed by atoms with van der Waals surface area (Å²) in [6.45, 7) is 0. The van der Waals surface area contributed by atoms with Gasteiger partial charge in [-0.3, -0.25) is 0 Å². The van der Waals surface area contributed by atoms with Crippen LogP contribution >= 0.6 is 0 Å². The number of nitrogens with two attached hydrogens (primary N) is 1. The van der Waals surface area contributed by atoms with E-state index in [1.807, 2.05) is 6.08 Å². The third kappa shape index (κ3) is 1.11. The number of fused-ring (bicyclic) bond motifs is 1. The van der Waals surface area contributed by atoms with E-state index in [1.54, 1.807) is 0 Å². The van der Waals surface area contributed by atoms with E-state index >= 15 is 0 Å². The number of rotatable bonds is 0. The summed E-state index contributed by atoms with van der Waals surface area (Å²) in [5, 5.41) is 0. The minimum atomic E-state index is 0.713. The highest BCUT2D eigenvalue weighted by Gasteiger charge is 2.18. The van der Waals surface area contributed by atoms with E-state index in [1.165, 1.54) is 24.8 Å². The van der Waals surface area contributed by atoms with E-state index in [0.717, 1.165) is 5.70 Å². The van der Waals surface area contributed by atoms with Crippen molar-refractivity contribution in [2.75, 3.05) is 0 Å². The Morgan fingerprint density at radius 1 is 1.27 bits per heavy atom. The van der Waals surface area contributed by atoms with Gasteiger partial charge < -0.3 is 5.73 Å². The summed E-state index contributed by atoms with van der Waals surface area (Å²) in [6.07, 6.45) is 12.3. The molecule has 0 aromatic carbocycles. The maximum Gasteiger partial charge on any atom is 0.0346 e. The first kappa shape index (κ1) is 6.71. The van der Waals surface area contributed by atoms with Crippen LogP contribution in [0.15, 0.2) is 35.6 Å². The summed E-state index contributed by atoms with van der Waals surface area (Å²) in [5.41, 5.74) is 8.16. The van der Waals surface area contributed by atoms with Crippen molar-refractivity contribution in [3.05, 3.63) is 35.6 Å². The Kier molecular flexibility index (Phi) is 1.57. The maximum atomic E-state index is 5.83. The van der Waals surface area contributed by atoms with E-state index in [0.29, 0.717) is 5.92 Å². The van der Waals surface area contributed by atoms with Crippen molar-refractivity contribution in [3.63, 3.8) is 0 Å². The summed E-state index contributed by atoms with van der Waals surface area (Å²) < 4.78 is 0. The van der Waals surface area contributed by atoms with E-state index in [9.17, 15) is 0 Å². The van der Waals surface area contributed by atoms with Crippen molar-refractivity contribution in [1.29, 1.82) is 0 Å². The molecule has 2 aliphatic carbocycles. The molecule has 1 unspecified atom stereocenters. The van der Waals surface area contributed by atoms with Crippen LogP contribution in [0.25, 0.3) is 0 Å². The molecule has 0 saturated heterocycles. The van der Waals surface area contributed by atoms with Gasteiger partial charge in [0.2, 0.25) is 0 Å². The number of hydrogen-bond acceptors (Lipinski definition) is 1. The first-order chi connectivity index (χ1) is 5.38. The first-order valence-electron chi connectivity index (χ1n) is 4.20. The SMILES string of the molecule is NC1=C2C=CCCC2CC=C1. The fourth-order valence-electron chi connectivity index (χ4n) is 1.83. The lowest BCUT2D eigenvalue weighted by atomic mass is 9.83. The Hall–Kier alpha value is -0.980. The van der Waals surface area contributed by atoms with Crippen LogP contribution in [0.2, 0.25) is 0 Å². The molecule has 11 heavy (non-hydrogen) atoms. The summed E-state index contributed by atoms with van der Waals surface area (Å²) in [4.78, 5) is 0. The molecular weight excluding hydrogens is 134 g/mol. The fraction of sp³-hybridized carbons (Fsp3) is 0.400. The molecule has 2 N–H and O–H groups in total. The van der Waals surface area contributed by atoms with Crippen LogP contribution < -0.4 is 5.73 Å². The third-order valence-corrected chi connectivity index (χ3v) is 2.47. The number of hydrogen-bond donors (Lipinski definition) is 1. The van der Waals surface area contributed by atoms with Gasteiger partial charge in [-0.15, -0.1) is 0 Å². The van der Waals surface area contributed by atoms with Crippen molar-refractivity contribution < 1.29 is 0 Å². The molecular formula is C10H13N. The molecule has 2 rings (SSSR count). The Labute approximate surface area is 67.3 Å². The standard InChI is InChI=1S/C10H13N/c11-10-7-3-5-8-4-1-2-6-9(8)10/h2-3,6-8H,1,4-5,11H2. The fourth-order valence-corrected chi connectivity index (χ4v) is 1.83. The maximum absolute atomic E-state index is 5.83. The van der Waals surface area contributed by atoms with Gasteiger partial charge in [-0.25, -0.2) is 0 Å². The van der Waals surface area contributed by atoms with Crippen molar-refractivity contribution in [1.82, 2.24) is 0 Å². The van der Waals surface area contributed by atoms with E-state index in [4.69, 9.17) is 5.73 Å². The molecule has 0 heterocycles. The molecule has 2 aliphatic rings. The average Bonchev–Trinajstić information content (AvgIpc) is 2.06. The Bertz CT molecular complexity index is 246. The van der Waals surface area contributed by atoms with Crippen LogP contribution in [0.4, 0.5) is 0 Å².